The number of phenols is 1. The molecule has 174 valence electrons. The number of carboxylic acid groups (broad SMARTS) is 1. The summed E-state index contributed by atoms with van der Waals surface area (Å²) in [6.07, 6.45) is 1.95. The normalized spacial score (nSPS) is 32.3. The van der Waals surface area contributed by atoms with E-state index < -0.39 is 34.8 Å². The fourth-order valence-electron chi connectivity index (χ4n) is 6.23. The minimum Gasteiger partial charge on any atom is -0.507 e. The topological polar surface area (TPSA) is 179 Å². The van der Waals surface area contributed by atoms with Crippen molar-refractivity contribution in [3.63, 3.8) is 0 Å². The third-order valence-electron chi connectivity index (χ3n) is 7.78. The van der Waals surface area contributed by atoms with Gasteiger partial charge in [0, 0.05) is 23.1 Å². The molecule has 4 rings (SSSR count). The van der Waals surface area contributed by atoms with E-state index >= 15 is 0 Å². The van der Waals surface area contributed by atoms with Crippen molar-refractivity contribution in [1.82, 2.24) is 10.2 Å². The number of primary amides is 1. The van der Waals surface area contributed by atoms with Crippen LogP contribution in [0.1, 0.15) is 53.6 Å². The van der Waals surface area contributed by atoms with Gasteiger partial charge in [-0.15, -0.1) is 0 Å². The Kier molecular flexibility index (Phi) is 5.43. The van der Waals surface area contributed by atoms with Crippen LogP contribution in [0.15, 0.2) is 12.1 Å². The van der Waals surface area contributed by atoms with Crippen molar-refractivity contribution in [2.24, 2.45) is 11.5 Å². The van der Waals surface area contributed by atoms with Crippen molar-refractivity contribution in [3.05, 3.63) is 28.8 Å². The molecule has 1 saturated carbocycles. The Morgan fingerprint density at radius 1 is 1.31 bits per heavy atom. The van der Waals surface area contributed by atoms with Crippen LogP contribution in [-0.2, 0) is 21.4 Å². The molecule has 5 atom stereocenters. The first-order chi connectivity index (χ1) is 15.0. The zero-order valence-electron chi connectivity index (χ0n) is 18.0. The van der Waals surface area contributed by atoms with Crippen LogP contribution in [0.2, 0.25) is 0 Å². The molecule has 0 unspecified atom stereocenters. The number of likely N-dealkylation sites (tertiary alicyclic amines) is 1. The van der Waals surface area contributed by atoms with E-state index in [0.29, 0.717) is 44.2 Å². The van der Waals surface area contributed by atoms with Gasteiger partial charge < -0.3 is 37.0 Å². The average molecular weight is 447 g/mol. The third-order valence-corrected chi connectivity index (χ3v) is 7.78. The molecule has 0 radical (unpaired) electrons. The van der Waals surface area contributed by atoms with Gasteiger partial charge in [0.2, 0.25) is 5.91 Å². The summed E-state index contributed by atoms with van der Waals surface area (Å²) >= 11 is 0. The molecule has 2 fully saturated rings. The Labute approximate surface area is 185 Å². The maximum Gasteiger partial charge on any atom is 0.321 e. The molecule has 32 heavy (non-hydrogen) atoms. The summed E-state index contributed by atoms with van der Waals surface area (Å²) in [4.78, 5) is 37.4. The minimum absolute atomic E-state index is 0.0106. The number of carbonyl (C=O) groups is 3. The zero-order chi connectivity index (χ0) is 23.4. The number of aliphatic hydroxyl groups is 1. The van der Waals surface area contributed by atoms with Gasteiger partial charge in [-0.25, -0.2) is 0 Å². The van der Waals surface area contributed by atoms with E-state index in [1.165, 1.54) is 6.07 Å². The second-order valence-corrected chi connectivity index (χ2v) is 9.47. The number of carbonyl (C=O) groups excluding carboxylic acids is 2. The molecule has 1 aromatic carbocycles. The summed E-state index contributed by atoms with van der Waals surface area (Å²) in [5, 5.41) is 34.9. The van der Waals surface area contributed by atoms with E-state index in [1.807, 2.05) is 7.05 Å². The van der Waals surface area contributed by atoms with Crippen LogP contribution < -0.4 is 16.8 Å². The Balaban J connectivity index is 1.73. The molecule has 8 N–H and O–H groups in total. The Morgan fingerprint density at radius 2 is 2.03 bits per heavy atom. The first-order valence-corrected chi connectivity index (χ1v) is 10.9. The molecule has 1 heterocycles. The number of hydrogen-bond donors (Lipinski definition) is 6. The highest BCUT2D eigenvalue weighted by atomic mass is 16.4. The summed E-state index contributed by atoms with van der Waals surface area (Å²) in [5.74, 6) is -2.66. The smallest absolute Gasteiger partial charge is 0.321 e. The van der Waals surface area contributed by atoms with Gasteiger partial charge in [-0.3, -0.25) is 14.4 Å². The van der Waals surface area contributed by atoms with E-state index in [1.54, 1.807) is 6.07 Å². The summed E-state index contributed by atoms with van der Waals surface area (Å²) < 4.78 is 0. The maximum absolute atomic E-state index is 12.4. The Morgan fingerprint density at radius 3 is 2.69 bits per heavy atom. The average Bonchev–Trinajstić information content (AvgIpc) is 2.70. The van der Waals surface area contributed by atoms with Crippen LogP contribution in [0.3, 0.4) is 0 Å². The zero-order valence-corrected chi connectivity index (χ0v) is 18.0. The number of benzene rings is 1. The van der Waals surface area contributed by atoms with Gasteiger partial charge in [-0.2, -0.15) is 0 Å². The first kappa shape index (κ1) is 22.5. The van der Waals surface area contributed by atoms with Gasteiger partial charge in [0.05, 0.1) is 17.6 Å². The maximum atomic E-state index is 12.4. The largest absolute Gasteiger partial charge is 0.507 e. The number of rotatable bonds is 5. The van der Waals surface area contributed by atoms with Crippen LogP contribution >= 0.6 is 0 Å². The Bertz CT molecular complexity index is 983. The van der Waals surface area contributed by atoms with E-state index in [4.69, 9.17) is 16.6 Å². The molecule has 2 amide bonds. The van der Waals surface area contributed by atoms with Crippen LogP contribution in [0.4, 0.5) is 0 Å². The summed E-state index contributed by atoms with van der Waals surface area (Å²) in [7, 11) is 1.97. The van der Waals surface area contributed by atoms with E-state index in [-0.39, 0.29) is 29.8 Å². The SMILES string of the molecule is CN1CC[C@]23C[C@H](NC(=O)C[C@@H](N)C(=O)O)CC[C@@]2(O)[C@H]1Cc1ccc(C(N)=O)c(O)c13. The number of nitrogens with two attached hydrogens (primary N) is 2. The second kappa shape index (κ2) is 7.72. The number of aliphatic carboxylic acids is 1. The molecular formula is C22H30N4O6. The molecule has 1 aromatic rings. The molecule has 2 bridgehead atoms. The fourth-order valence-corrected chi connectivity index (χ4v) is 6.23. The molecule has 3 aliphatic rings. The monoisotopic (exact) mass is 446 g/mol. The molecule has 10 nitrogen and oxygen atoms in total. The molecule has 2 aliphatic carbocycles. The second-order valence-electron chi connectivity index (χ2n) is 9.47. The number of carboxylic acids is 1. The van der Waals surface area contributed by atoms with Crippen molar-refractivity contribution in [2.45, 2.75) is 67.7 Å². The number of fused-ring (bicyclic) bond motifs is 1. The van der Waals surface area contributed by atoms with E-state index in [2.05, 4.69) is 10.2 Å². The van der Waals surface area contributed by atoms with Gasteiger partial charge in [-0.1, -0.05) is 6.07 Å². The lowest BCUT2D eigenvalue weighted by Gasteiger charge is -2.64. The highest BCUT2D eigenvalue weighted by molar-refractivity contribution is 5.96. The van der Waals surface area contributed by atoms with Gasteiger partial charge in [-0.05, 0) is 57.3 Å². The molecular weight excluding hydrogens is 416 g/mol. The standard InChI is InChI=1S/C22H30N4O6/c1-26-7-6-21-10-12(25-16(27)9-14(23)20(30)31)4-5-22(21,32)15(26)8-11-2-3-13(19(24)29)18(28)17(11)21/h2-3,12,14-15,28,32H,4-10,23H2,1H3,(H2,24,29)(H,25,27)(H,30,31)/t12-,14-,15-,21-,22-/m1/s1. The van der Waals surface area contributed by atoms with Crippen molar-refractivity contribution in [3.8, 4) is 5.75 Å². The highest BCUT2D eigenvalue weighted by Crippen LogP contribution is 2.60. The number of nitrogens with zero attached hydrogens (tertiary/aromatic N) is 1. The Hall–Kier alpha value is -2.69. The van der Waals surface area contributed by atoms with Crippen LogP contribution in [0.5, 0.6) is 5.75 Å². The van der Waals surface area contributed by atoms with Crippen LogP contribution in [0, 0.1) is 0 Å². The molecule has 0 aromatic heterocycles. The molecule has 10 heteroatoms. The van der Waals surface area contributed by atoms with E-state index in [0.717, 1.165) is 5.56 Å². The summed E-state index contributed by atoms with van der Waals surface area (Å²) in [5.41, 5.74) is 10.3. The van der Waals surface area contributed by atoms with Crippen molar-refractivity contribution < 1.29 is 29.7 Å². The summed E-state index contributed by atoms with van der Waals surface area (Å²) in [6, 6.07) is 1.51. The number of amides is 2. The minimum atomic E-state index is -1.29. The van der Waals surface area contributed by atoms with Crippen molar-refractivity contribution in [1.29, 1.82) is 0 Å². The number of likely N-dealkylation sites (N-methyl/N-ethyl adjacent to an activating group) is 1. The molecule has 1 aliphatic heterocycles. The molecule has 1 saturated heterocycles. The third kappa shape index (κ3) is 3.25. The van der Waals surface area contributed by atoms with Crippen LogP contribution in [0.25, 0.3) is 0 Å². The number of aromatic hydroxyl groups is 1. The number of hydrogen-bond acceptors (Lipinski definition) is 7. The van der Waals surface area contributed by atoms with Gasteiger partial charge >= 0.3 is 5.97 Å². The first-order valence-electron chi connectivity index (χ1n) is 10.9. The van der Waals surface area contributed by atoms with Gasteiger partial charge in [0.25, 0.3) is 5.91 Å². The van der Waals surface area contributed by atoms with Crippen LogP contribution in [-0.4, -0.2) is 75.3 Å². The molecule has 0 spiro atoms. The predicted molar refractivity (Wildman–Crippen MR) is 114 cm³/mol. The quantitative estimate of drug-likeness (QED) is 0.340. The summed E-state index contributed by atoms with van der Waals surface area (Å²) in [6.45, 7) is 0.678. The fraction of sp³-hybridized carbons (Fsp3) is 0.591. The van der Waals surface area contributed by atoms with Gasteiger partial charge in [0.15, 0.2) is 0 Å². The van der Waals surface area contributed by atoms with Crippen molar-refractivity contribution in [2.75, 3.05) is 13.6 Å². The predicted octanol–water partition coefficient (Wildman–Crippen LogP) is -0.809. The lowest BCUT2D eigenvalue weighted by atomic mass is 9.48. The number of piperidine rings is 1. The van der Waals surface area contributed by atoms with Crippen molar-refractivity contribution >= 4 is 17.8 Å². The van der Waals surface area contributed by atoms with E-state index in [9.17, 15) is 24.6 Å². The van der Waals surface area contributed by atoms with Gasteiger partial charge in [0.1, 0.15) is 11.8 Å². The highest BCUT2D eigenvalue weighted by Gasteiger charge is 2.65. The lowest BCUT2D eigenvalue weighted by Crippen LogP contribution is -2.73. The lowest BCUT2D eigenvalue weighted by molar-refractivity contribution is -0.166. The number of nitrogens with one attached hydrogen (secondary N) is 1.